The first-order chi connectivity index (χ1) is 17.0. The molecule has 3 aromatic heterocycles. The van der Waals surface area contributed by atoms with E-state index in [4.69, 9.17) is 19.1 Å². The Morgan fingerprint density at radius 3 is 2.37 bits per heavy atom. The molecule has 0 aliphatic heterocycles. The number of amides is 1. The lowest BCUT2D eigenvalue weighted by Gasteiger charge is -2.19. The van der Waals surface area contributed by atoms with Crippen molar-refractivity contribution in [3.8, 4) is 0 Å². The third kappa shape index (κ3) is 4.19. The van der Waals surface area contributed by atoms with Crippen LogP contribution < -0.4 is 5.32 Å². The average molecular weight is 533 g/mol. The number of rotatable bonds is 6. The van der Waals surface area contributed by atoms with Gasteiger partial charge in [0.2, 0.25) is 0 Å². The second kappa shape index (κ2) is 9.34. The van der Waals surface area contributed by atoms with E-state index >= 15 is 0 Å². The maximum absolute atomic E-state index is 13.2. The fourth-order valence-corrected chi connectivity index (χ4v) is 4.35. The molecular formula is C26H21BrN4O4. The summed E-state index contributed by atoms with van der Waals surface area (Å²) in [4.78, 5) is 36.0. The van der Waals surface area contributed by atoms with Gasteiger partial charge < -0.3 is 19.0 Å². The topological polar surface area (TPSA) is 99.2 Å². The van der Waals surface area contributed by atoms with Gasteiger partial charge in [-0.15, -0.1) is 0 Å². The molecule has 0 spiro atoms. The third-order valence-electron chi connectivity index (χ3n) is 5.67. The zero-order valence-electron chi connectivity index (χ0n) is 19.0. The van der Waals surface area contributed by atoms with Gasteiger partial charge in [-0.1, -0.05) is 42.5 Å². The molecule has 8 nitrogen and oxygen atoms in total. The summed E-state index contributed by atoms with van der Waals surface area (Å²) in [5, 5.41) is 2.87. The van der Waals surface area contributed by atoms with Gasteiger partial charge in [-0.2, -0.15) is 0 Å². The number of halogens is 1. The van der Waals surface area contributed by atoms with E-state index in [2.05, 4.69) is 21.2 Å². The first-order valence-corrected chi connectivity index (χ1v) is 11.9. The number of carbonyl (C=O) groups excluding carboxylic acids is 2. The highest BCUT2D eigenvalue weighted by Crippen LogP contribution is 2.36. The van der Waals surface area contributed by atoms with Gasteiger partial charge in [-0.05, 0) is 59.6 Å². The standard InChI is InChI=1S/C26H21BrN4O4/c1-3-34-26(33)21-22-24(29-18-12-8-7-11-17(18)28-22)31(15(2)16-9-5-4-6-10-16)23(21)30-25(32)19-13-14-20(27)35-19/h4-15H,3H2,1-2H3,(H,30,32). The summed E-state index contributed by atoms with van der Waals surface area (Å²) >= 11 is 3.22. The Bertz CT molecular complexity index is 1560. The largest absolute Gasteiger partial charge is 0.462 e. The van der Waals surface area contributed by atoms with E-state index in [0.717, 1.165) is 5.56 Å². The summed E-state index contributed by atoms with van der Waals surface area (Å²) in [7, 11) is 0. The normalized spacial score (nSPS) is 12.1. The van der Waals surface area contributed by atoms with Gasteiger partial charge in [0.15, 0.2) is 16.1 Å². The number of furan rings is 1. The van der Waals surface area contributed by atoms with Crippen molar-refractivity contribution in [1.29, 1.82) is 0 Å². The number of hydrogen-bond acceptors (Lipinski definition) is 6. The molecule has 1 N–H and O–H groups in total. The first kappa shape index (κ1) is 22.8. The first-order valence-electron chi connectivity index (χ1n) is 11.1. The number of aromatic nitrogens is 3. The van der Waals surface area contributed by atoms with Crippen LogP contribution in [0.4, 0.5) is 5.82 Å². The van der Waals surface area contributed by atoms with Gasteiger partial charge in [0.25, 0.3) is 5.91 Å². The molecule has 35 heavy (non-hydrogen) atoms. The van der Waals surface area contributed by atoms with Crippen LogP contribution in [-0.4, -0.2) is 33.0 Å². The van der Waals surface area contributed by atoms with E-state index in [1.807, 2.05) is 66.1 Å². The number of nitrogens with zero attached hydrogens (tertiary/aromatic N) is 3. The molecule has 1 amide bonds. The molecule has 0 saturated carbocycles. The molecule has 2 aromatic carbocycles. The molecular weight excluding hydrogens is 512 g/mol. The summed E-state index contributed by atoms with van der Waals surface area (Å²) in [5.74, 6) is -0.795. The van der Waals surface area contributed by atoms with E-state index in [9.17, 15) is 9.59 Å². The minimum Gasteiger partial charge on any atom is -0.462 e. The predicted molar refractivity (Wildman–Crippen MR) is 136 cm³/mol. The van der Waals surface area contributed by atoms with E-state index in [1.165, 1.54) is 0 Å². The number of esters is 1. The maximum atomic E-state index is 13.2. The third-order valence-corrected chi connectivity index (χ3v) is 6.10. The monoisotopic (exact) mass is 532 g/mol. The zero-order chi connectivity index (χ0) is 24.5. The van der Waals surface area contributed by atoms with Crippen molar-refractivity contribution >= 4 is 55.8 Å². The number of anilines is 1. The Hall–Kier alpha value is -3.98. The highest BCUT2D eigenvalue weighted by molar-refractivity contribution is 9.10. The van der Waals surface area contributed by atoms with Crippen LogP contribution in [0.3, 0.4) is 0 Å². The highest BCUT2D eigenvalue weighted by atomic mass is 79.9. The Kier molecular flexibility index (Phi) is 6.08. The number of benzene rings is 2. The van der Waals surface area contributed by atoms with Crippen LogP contribution in [0.5, 0.6) is 0 Å². The van der Waals surface area contributed by atoms with Crippen LogP contribution in [0.1, 0.15) is 46.4 Å². The summed E-state index contributed by atoms with van der Waals surface area (Å²) in [6.07, 6.45) is 0. The van der Waals surface area contributed by atoms with Gasteiger partial charge >= 0.3 is 5.97 Å². The van der Waals surface area contributed by atoms with E-state index < -0.39 is 11.9 Å². The van der Waals surface area contributed by atoms with Crippen molar-refractivity contribution < 1.29 is 18.7 Å². The molecule has 176 valence electrons. The van der Waals surface area contributed by atoms with Gasteiger partial charge in [0.1, 0.15) is 16.9 Å². The van der Waals surface area contributed by atoms with Crippen LogP contribution in [0.15, 0.2) is 75.8 Å². The van der Waals surface area contributed by atoms with E-state index in [0.29, 0.717) is 26.9 Å². The van der Waals surface area contributed by atoms with Crippen LogP contribution in [0, 0.1) is 0 Å². The molecule has 5 aromatic rings. The summed E-state index contributed by atoms with van der Waals surface area (Å²) in [6.45, 7) is 3.86. The fourth-order valence-electron chi connectivity index (χ4n) is 4.05. The molecule has 1 unspecified atom stereocenters. The molecule has 9 heteroatoms. The fraction of sp³-hybridized carbons (Fsp3) is 0.154. The van der Waals surface area contributed by atoms with E-state index in [1.54, 1.807) is 19.1 Å². The number of hydrogen-bond donors (Lipinski definition) is 1. The quantitative estimate of drug-likeness (QED) is 0.270. The molecule has 0 fully saturated rings. The van der Waals surface area contributed by atoms with Crippen molar-refractivity contribution in [2.45, 2.75) is 19.9 Å². The highest BCUT2D eigenvalue weighted by Gasteiger charge is 2.31. The lowest BCUT2D eigenvalue weighted by atomic mass is 10.1. The summed E-state index contributed by atoms with van der Waals surface area (Å²) in [6, 6.07) is 20.0. The van der Waals surface area contributed by atoms with Crippen molar-refractivity contribution in [2.24, 2.45) is 0 Å². The molecule has 3 heterocycles. The smallest absolute Gasteiger partial charge is 0.344 e. The lowest BCUT2D eigenvalue weighted by molar-refractivity contribution is 0.0529. The Labute approximate surface area is 209 Å². The van der Waals surface area contributed by atoms with Crippen LogP contribution in [-0.2, 0) is 4.74 Å². The second-order valence-corrected chi connectivity index (χ2v) is 8.62. The van der Waals surface area contributed by atoms with Crippen molar-refractivity contribution in [2.75, 3.05) is 11.9 Å². The van der Waals surface area contributed by atoms with Gasteiger partial charge in [0, 0.05) is 0 Å². The van der Waals surface area contributed by atoms with Gasteiger partial charge in [-0.25, -0.2) is 14.8 Å². The number of fused-ring (bicyclic) bond motifs is 2. The minimum atomic E-state index is -0.600. The van der Waals surface area contributed by atoms with Crippen LogP contribution in [0.2, 0.25) is 0 Å². The molecule has 0 aliphatic carbocycles. The Morgan fingerprint density at radius 2 is 1.71 bits per heavy atom. The number of ether oxygens (including phenoxy) is 1. The Morgan fingerprint density at radius 1 is 1.03 bits per heavy atom. The van der Waals surface area contributed by atoms with Crippen molar-refractivity contribution in [3.05, 3.63) is 88.3 Å². The SMILES string of the molecule is CCOC(=O)c1c(NC(=O)c2ccc(Br)o2)n(C(C)c2ccccc2)c2nc3ccccc3nc12. The minimum absolute atomic E-state index is 0.0851. The van der Waals surface area contributed by atoms with Gasteiger partial charge in [0.05, 0.1) is 23.7 Å². The van der Waals surface area contributed by atoms with Crippen molar-refractivity contribution in [3.63, 3.8) is 0 Å². The predicted octanol–water partition coefficient (Wildman–Crippen LogP) is 5.98. The number of carbonyl (C=O) groups is 2. The molecule has 0 saturated heterocycles. The molecule has 5 rings (SSSR count). The Balaban J connectivity index is 1.80. The lowest BCUT2D eigenvalue weighted by Crippen LogP contribution is -2.19. The number of para-hydroxylation sites is 2. The van der Waals surface area contributed by atoms with E-state index in [-0.39, 0.29) is 29.8 Å². The van der Waals surface area contributed by atoms with Crippen LogP contribution >= 0.6 is 15.9 Å². The second-order valence-electron chi connectivity index (χ2n) is 7.84. The van der Waals surface area contributed by atoms with Crippen LogP contribution in [0.25, 0.3) is 22.2 Å². The zero-order valence-corrected chi connectivity index (χ0v) is 20.6. The summed E-state index contributed by atoms with van der Waals surface area (Å²) in [5.41, 5.74) is 3.21. The molecule has 0 radical (unpaired) electrons. The van der Waals surface area contributed by atoms with Crippen molar-refractivity contribution in [1.82, 2.24) is 14.5 Å². The average Bonchev–Trinajstić information content (AvgIpc) is 3.43. The molecule has 1 atom stereocenters. The summed E-state index contributed by atoms with van der Waals surface area (Å²) < 4.78 is 13.0. The number of nitrogens with one attached hydrogen (secondary N) is 1. The maximum Gasteiger partial charge on any atom is 0.344 e. The molecule has 0 aliphatic rings. The molecule has 0 bridgehead atoms. The van der Waals surface area contributed by atoms with Gasteiger partial charge in [-0.3, -0.25) is 4.79 Å².